The molecule has 0 aromatic heterocycles. The van der Waals surface area contributed by atoms with Gasteiger partial charge >= 0.3 is 6.09 Å². The van der Waals surface area contributed by atoms with E-state index in [9.17, 15) is 4.79 Å². The normalized spacial score (nSPS) is 18.0. The monoisotopic (exact) mass is 293 g/mol. The van der Waals surface area contributed by atoms with E-state index in [0.717, 1.165) is 25.8 Å². The highest BCUT2D eigenvalue weighted by atomic mass is 16.5. The Hall–Kier alpha value is -2.29. The van der Waals surface area contributed by atoms with Gasteiger partial charge in [-0.05, 0) is 41.5 Å². The van der Waals surface area contributed by atoms with E-state index in [1.54, 1.807) is 0 Å². The van der Waals surface area contributed by atoms with Crippen LogP contribution in [-0.4, -0.2) is 24.6 Å². The van der Waals surface area contributed by atoms with E-state index < -0.39 is 0 Å². The van der Waals surface area contributed by atoms with Gasteiger partial charge in [0.25, 0.3) is 0 Å². The van der Waals surface area contributed by atoms with E-state index >= 15 is 0 Å². The molecule has 22 heavy (non-hydrogen) atoms. The molecule has 0 bridgehead atoms. The molecule has 1 fully saturated rings. The zero-order valence-corrected chi connectivity index (χ0v) is 12.7. The Morgan fingerprint density at radius 2 is 1.55 bits per heavy atom. The van der Waals surface area contributed by atoms with Gasteiger partial charge < -0.3 is 4.74 Å². The van der Waals surface area contributed by atoms with Crippen molar-refractivity contribution in [2.24, 2.45) is 0 Å². The van der Waals surface area contributed by atoms with Gasteiger partial charge in [-0.25, -0.2) is 4.79 Å². The maximum Gasteiger partial charge on any atom is 0.410 e. The fourth-order valence-electron chi connectivity index (χ4n) is 4.06. The Bertz CT molecular complexity index is 690. The van der Waals surface area contributed by atoms with Gasteiger partial charge in [-0.1, -0.05) is 48.5 Å². The van der Waals surface area contributed by atoms with E-state index in [2.05, 4.69) is 48.5 Å². The summed E-state index contributed by atoms with van der Waals surface area (Å²) in [7, 11) is 1.46. The first-order valence-electron chi connectivity index (χ1n) is 7.80. The molecule has 1 aliphatic carbocycles. The lowest BCUT2D eigenvalue weighted by Crippen LogP contribution is -2.60. The molecule has 4 rings (SSSR count). The first kappa shape index (κ1) is 13.4. The van der Waals surface area contributed by atoms with Gasteiger partial charge in [-0.2, -0.15) is 0 Å². The number of rotatable bonds is 0. The number of amides is 1. The summed E-state index contributed by atoms with van der Waals surface area (Å²) in [6.07, 6.45) is 2.75. The van der Waals surface area contributed by atoms with E-state index in [4.69, 9.17) is 4.74 Å². The SMILES string of the molecule is COC(=O)N1CCC12c1ccccc1CCc1ccccc12. The minimum Gasteiger partial charge on any atom is -0.453 e. The van der Waals surface area contributed by atoms with E-state index in [1.807, 2.05) is 4.90 Å². The van der Waals surface area contributed by atoms with Crippen LogP contribution in [0, 0.1) is 0 Å². The molecule has 0 unspecified atom stereocenters. The highest BCUT2D eigenvalue weighted by Gasteiger charge is 2.53. The van der Waals surface area contributed by atoms with Crippen LogP contribution >= 0.6 is 0 Å². The second kappa shape index (κ2) is 4.87. The summed E-state index contributed by atoms with van der Waals surface area (Å²) in [6.45, 7) is 0.745. The largest absolute Gasteiger partial charge is 0.453 e. The van der Waals surface area contributed by atoms with Crippen molar-refractivity contribution in [3.8, 4) is 0 Å². The lowest BCUT2D eigenvalue weighted by atomic mass is 9.71. The van der Waals surface area contributed by atoms with Crippen molar-refractivity contribution >= 4 is 6.09 Å². The zero-order chi connectivity index (χ0) is 15.2. The number of nitrogens with zero attached hydrogens (tertiary/aromatic N) is 1. The number of carbonyl (C=O) groups is 1. The molecule has 1 heterocycles. The molecular weight excluding hydrogens is 274 g/mol. The Kier molecular flexibility index (Phi) is 2.96. The van der Waals surface area contributed by atoms with Crippen LogP contribution in [0.25, 0.3) is 0 Å². The summed E-state index contributed by atoms with van der Waals surface area (Å²) in [4.78, 5) is 14.2. The maximum atomic E-state index is 12.3. The number of benzene rings is 2. The van der Waals surface area contributed by atoms with Crippen molar-refractivity contribution in [3.63, 3.8) is 0 Å². The minimum absolute atomic E-state index is 0.238. The summed E-state index contributed by atoms with van der Waals surface area (Å²) < 4.78 is 5.04. The molecule has 2 aromatic rings. The lowest BCUT2D eigenvalue weighted by Gasteiger charge is -2.53. The van der Waals surface area contributed by atoms with Crippen molar-refractivity contribution in [2.45, 2.75) is 24.8 Å². The molecule has 1 amide bonds. The number of hydrogen-bond donors (Lipinski definition) is 0. The van der Waals surface area contributed by atoms with Crippen LogP contribution in [0.4, 0.5) is 4.79 Å². The first-order chi connectivity index (χ1) is 10.8. The summed E-state index contributed by atoms with van der Waals surface area (Å²) in [5.74, 6) is 0. The third kappa shape index (κ3) is 1.65. The molecule has 2 aromatic carbocycles. The second-order valence-corrected chi connectivity index (χ2v) is 6.05. The summed E-state index contributed by atoms with van der Waals surface area (Å²) >= 11 is 0. The predicted molar refractivity (Wildman–Crippen MR) is 84.8 cm³/mol. The van der Waals surface area contributed by atoms with Gasteiger partial charge in [-0.3, -0.25) is 4.90 Å². The van der Waals surface area contributed by atoms with Gasteiger partial charge in [0.15, 0.2) is 0 Å². The number of ether oxygens (including phenoxy) is 1. The van der Waals surface area contributed by atoms with Crippen LogP contribution in [0.15, 0.2) is 48.5 Å². The molecule has 0 atom stereocenters. The van der Waals surface area contributed by atoms with Crippen LogP contribution in [0.1, 0.15) is 28.7 Å². The molecule has 0 saturated carbocycles. The Morgan fingerprint density at radius 1 is 1.00 bits per heavy atom. The van der Waals surface area contributed by atoms with Crippen LogP contribution in [0.3, 0.4) is 0 Å². The minimum atomic E-state index is -0.350. The van der Waals surface area contributed by atoms with Gasteiger partial charge in [0.1, 0.15) is 0 Å². The van der Waals surface area contributed by atoms with Crippen molar-refractivity contribution in [1.29, 1.82) is 0 Å². The van der Waals surface area contributed by atoms with Crippen LogP contribution < -0.4 is 0 Å². The fraction of sp³-hybridized carbons (Fsp3) is 0.316. The topological polar surface area (TPSA) is 29.5 Å². The number of hydrogen-bond acceptors (Lipinski definition) is 2. The molecule has 3 heteroatoms. The molecule has 2 aliphatic rings. The summed E-state index contributed by atoms with van der Waals surface area (Å²) in [5.41, 5.74) is 4.85. The average Bonchev–Trinajstić information content (AvgIpc) is 2.69. The standard InChI is InChI=1S/C19H19NO2/c1-22-18(21)20-13-12-19(20)16-8-4-2-6-14(16)10-11-15-7-3-5-9-17(15)19/h2-9H,10-13H2,1H3. The molecular formula is C19H19NO2. The summed E-state index contributed by atoms with van der Waals surface area (Å²) in [6, 6.07) is 17.0. The highest BCUT2D eigenvalue weighted by molar-refractivity contribution is 5.73. The first-order valence-corrected chi connectivity index (χ1v) is 7.80. The van der Waals surface area contributed by atoms with E-state index in [0.29, 0.717) is 0 Å². The van der Waals surface area contributed by atoms with Gasteiger partial charge in [0, 0.05) is 6.54 Å². The van der Waals surface area contributed by atoms with Gasteiger partial charge in [0.2, 0.25) is 0 Å². The van der Waals surface area contributed by atoms with Crippen molar-refractivity contribution in [1.82, 2.24) is 4.90 Å². The quantitative estimate of drug-likeness (QED) is 0.744. The maximum absolute atomic E-state index is 12.3. The Balaban J connectivity index is 1.98. The molecule has 112 valence electrons. The van der Waals surface area contributed by atoms with Crippen molar-refractivity contribution in [2.75, 3.05) is 13.7 Å². The predicted octanol–water partition coefficient (Wildman–Crippen LogP) is 3.50. The average molecular weight is 293 g/mol. The third-order valence-electron chi connectivity index (χ3n) is 5.14. The molecule has 1 spiro atoms. The summed E-state index contributed by atoms with van der Waals surface area (Å²) in [5, 5.41) is 0. The van der Waals surface area contributed by atoms with Crippen molar-refractivity contribution < 1.29 is 9.53 Å². The number of likely N-dealkylation sites (tertiary alicyclic amines) is 1. The second-order valence-electron chi connectivity index (χ2n) is 6.05. The molecule has 0 N–H and O–H groups in total. The van der Waals surface area contributed by atoms with Crippen LogP contribution in [-0.2, 0) is 23.1 Å². The number of methoxy groups -OCH3 is 1. The third-order valence-corrected chi connectivity index (χ3v) is 5.14. The molecule has 1 saturated heterocycles. The van der Waals surface area contributed by atoms with Crippen LogP contribution in [0.2, 0.25) is 0 Å². The van der Waals surface area contributed by atoms with E-state index in [1.165, 1.54) is 29.4 Å². The fourth-order valence-corrected chi connectivity index (χ4v) is 4.06. The van der Waals surface area contributed by atoms with Gasteiger partial charge in [0.05, 0.1) is 12.6 Å². The molecule has 1 aliphatic heterocycles. The number of aryl methyl sites for hydroxylation is 2. The molecule has 0 radical (unpaired) electrons. The zero-order valence-electron chi connectivity index (χ0n) is 12.7. The number of carbonyl (C=O) groups excluding carboxylic acids is 1. The lowest BCUT2D eigenvalue weighted by molar-refractivity contribution is 0.0143. The smallest absolute Gasteiger partial charge is 0.410 e. The van der Waals surface area contributed by atoms with E-state index in [-0.39, 0.29) is 11.6 Å². The number of fused-ring (bicyclic) bond motifs is 4. The highest BCUT2D eigenvalue weighted by Crippen LogP contribution is 2.50. The van der Waals surface area contributed by atoms with Gasteiger partial charge in [-0.15, -0.1) is 0 Å². The Labute approximate surface area is 130 Å². The van der Waals surface area contributed by atoms with Crippen LogP contribution in [0.5, 0.6) is 0 Å². The van der Waals surface area contributed by atoms with Crippen molar-refractivity contribution in [3.05, 3.63) is 70.8 Å². The Morgan fingerprint density at radius 3 is 2.00 bits per heavy atom. The molecule has 3 nitrogen and oxygen atoms in total.